The second kappa shape index (κ2) is 8.34. The minimum Gasteiger partial charge on any atom is -0.790 e. The molecule has 84 valence electrons. The summed E-state index contributed by atoms with van der Waals surface area (Å²) in [7, 11) is -5.24. The molecule has 0 saturated carbocycles. The first-order valence-electron chi connectivity index (χ1n) is 3.44. The summed E-state index contributed by atoms with van der Waals surface area (Å²) in [6.07, 6.45) is -5.67. The molecule has 0 spiro atoms. The molecule has 0 aromatic carbocycles. The van der Waals surface area contributed by atoms with Crippen LogP contribution < -0.4 is 9.79 Å². The summed E-state index contributed by atoms with van der Waals surface area (Å²) in [4.78, 5) is 29.8. The van der Waals surface area contributed by atoms with Gasteiger partial charge in [-0.25, -0.2) is 0 Å². The molecule has 0 amide bonds. The van der Waals surface area contributed by atoms with Crippen molar-refractivity contribution in [1.29, 1.82) is 0 Å². The molecule has 0 heterocycles. The van der Waals surface area contributed by atoms with Crippen LogP contribution in [0, 0.1) is 0 Å². The van der Waals surface area contributed by atoms with Crippen molar-refractivity contribution in [2.45, 2.75) is 18.3 Å². The largest absolute Gasteiger partial charge is 2.00 e. The molecule has 8 nitrogen and oxygen atoms in total. The van der Waals surface area contributed by atoms with Crippen molar-refractivity contribution in [3.8, 4) is 0 Å². The average Bonchev–Trinajstić information content (AvgIpc) is 2.10. The Labute approximate surface area is 126 Å². The van der Waals surface area contributed by atoms with E-state index < -0.39 is 32.7 Å². The normalized spacial score (nSPS) is 17.4. The maximum Gasteiger partial charge on any atom is 2.00 e. The van der Waals surface area contributed by atoms with Gasteiger partial charge in [-0.05, 0) is 0 Å². The predicted octanol–water partition coefficient (Wildman–Crippen LogP) is -4.27. The standard InChI is InChI=1S/C5H11O8P.Ba/c6-1-3(7)5(9)4(8)2-13-14(10,11)12;/h1,3-5,7-9H,2H2,(H2,10,11,12);/q;+2/p-2. The SMILES string of the molecule is O=CC(O)C(O)C(O)COP(=O)([O-])[O-].[Ba+2]. The maximum absolute atomic E-state index is 9.92. The molecule has 0 aliphatic rings. The number of phosphoric acid groups is 1. The zero-order valence-corrected chi connectivity index (χ0v) is 12.9. The summed E-state index contributed by atoms with van der Waals surface area (Å²) < 4.78 is 13.5. The van der Waals surface area contributed by atoms with Gasteiger partial charge in [0, 0.05) is 0 Å². The average molecular weight is 365 g/mol. The van der Waals surface area contributed by atoms with E-state index in [4.69, 9.17) is 15.3 Å². The van der Waals surface area contributed by atoms with Crippen LogP contribution in [-0.2, 0) is 13.9 Å². The molecule has 3 atom stereocenters. The Bertz CT molecular complexity index is 229. The molecule has 3 N–H and O–H groups in total. The molecule has 0 aliphatic heterocycles. The van der Waals surface area contributed by atoms with Gasteiger partial charge in [0.2, 0.25) is 0 Å². The third-order valence-corrected chi connectivity index (χ3v) is 1.75. The second-order valence-electron chi connectivity index (χ2n) is 2.43. The fourth-order valence-electron chi connectivity index (χ4n) is 0.574. The molecule has 0 fully saturated rings. The minimum absolute atomic E-state index is 0. The van der Waals surface area contributed by atoms with E-state index in [0.717, 1.165) is 0 Å². The number of hydrogen-bond acceptors (Lipinski definition) is 8. The Morgan fingerprint density at radius 1 is 1.33 bits per heavy atom. The van der Waals surface area contributed by atoms with Crippen LogP contribution in [0.2, 0.25) is 0 Å². The molecular weight excluding hydrogens is 356 g/mol. The third kappa shape index (κ3) is 8.98. The maximum atomic E-state index is 9.92. The van der Waals surface area contributed by atoms with E-state index in [9.17, 15) is 19.1 Å². The molecule has 0 aliphatic carbocycles. The summed E-state index contributed by atoms with van der Waals surface area (Å²) in [5.74, 6) is 0. The Morgan fingerprint density at radius 2 is 1.80 bits per heavy atom. The fourth-order valence-corrected chi connectivity index (χ4v) is 0.910. The molecule has 0 aromatic rings. The Kier molecular flexibility index (Phi) is 10.3. The summed E-state index contributed by atoms with van der Waals surface area (Å²) >= 11 is 0. The van der Waals surface area contributed by atoms with E-state index in [1.807, 2.05) is 0 Å². The van der Waals surface area contributed by atoms with Crippen molar-refractivity contribution < 1.29 is 39.0 Å². The molecule has 0 rings (SSSR count). The van der Waals surface area contributed by atoms with Crippen molar-refractivity contribution in [2.75, 3.05) is 6.61 Å². The van der Waals surface area contributed by atoms with E-state index in [0.29, 0.717) is 0 Å². The third-order valence-electron chi connectivity index (χ3n) is 1.29. The fraction of sp³-hybridized carbons (Fsp3) is 0.800. The van der Waals surface area contributed by atoms with Gasteiger partial charge in [-0.1, -0.05) is 0 Å². The van der Waals surface area contributed by atoms with Gasteiger partial charge in [-0.3, -0.25) is 0 Å². The molecule has 15 heavy (non-hydrogen) atoms. The van der Waals surface area contributed by atoms with Crippen molar-refractivity contribution in [3.05, 3.63) is 0 Å². The van der Waals surface area contributed by atoms with Gasteiger partial charge in [-0.15, -0.1) is 0 Å². The van der Waals surface area contributed by atoms with Crippen molar-refractivity contribution >= 4 is 63.0 Å². The summed E-state index contributed by atoms with van der Waals surface area (Å²) in [5, 5.41) is 26.4. The summed E-state index contributed by atoms with van der Waals surface area (Å²) in [5.41, 5.74) is 0. The molecule has 0 radical (unpaired) electrons. The van der Waals surface area contributed by atoms with Crippen LogP contribution in [-0.4, -0.2) is 95.4 Å². The molecule has 10 heteroatoms. The van der Waals surface area contributed by atoms with Gasteiger partial charge < -0.3 is 39.0 Å². The number of hydrogen-bond donors (Lipinski definition) is 3. The van der Waals surface area contributed by atoms with Gasteiger partial charge in [0.25, 0.3) is 0 Å². The molecule has 0 bridgehead atoms. The van der Waals surface area contributed by atoms with Crippen LogP contribution in [0.4, 0.5) is 0 Å². The van der Waals surface area contributed by atoms with Gasteiger partial charge in [0.15, 0.2) is 6.29 Å². The number of phosphoric ester groups is 1. The Hall–Kier alpha value is 1.23. The first-order chi connectivity index (χ1) is 6.28. The minimum atomic E-state index is -5.24. The van der Waals surface area contributed by atoms with Crippen LogP contribution in [0.5, 0.6) is 0 Å². The number of carbonyl (C=O) groups excluding carboxylic acids is 1. The Balaban J connectivity index is 0. The van der Waals surface area contributed by atoms with Crippen molar-refractivity contribution in [2.24, 2.45) is 0 Å². The quantitative estimate of drug-likeness (QED) is 0.243. The zero-order chi connectivity index (χ0) is 11.4. The zero-order valence-electron chi connectivity index (χ0n) is 7.55. The summed E-state index contributed by atoms with van der Waals surface area (Å²) in [6, 6.07) is 0. The number of aldehydes is 1. The van der Waals surface area contributed by atoms with E-state index >= 15 is 0 Å². The van der Waals surface area contributed by atoms with Gasteiger partial charge >= 0.3 is 48.9 Å². The monoisotopic (exact) mass is 366 g/mol. The van der Waals surface area contributed by atoms with E-state index in [1.165, 1.54) is 0 Å². The van der Waals surface area contributed by atoms with Crippen LogP contribution in [0.25, 0.3) is 0 Å². The topological polar surface area (TPSA) is 150 Å². The van der Waals surface area contributed by atoms with Gasteiger partial charge in [0.1, 0.15) is 18.3 Å². The second-order valence-corrected chi connectivity index (χ2v) is 3.58. The van der Waals surface area contributed by atoms with E-state index in [-0.39, 0.29) is 55.2 Å². The molecular formula is C5H9BaO8P. The van der Waals surface area contributed by atoms with Crippen molar-refractivity contribution in [1.82, 2.24) is 0 Å². The molecule has 3 unspecified atom stereocenters. The van der Waals surface area contributed by atoms with Crippen LogP contribution in [0.1, 0.15) is 0 Å². The predicted molar refractivity (Wildman–Crippen MR) is 43.4 cm³/mol. The smallest absolute Gasteiger partial charge is 0.790 e. The molecule has 0 saturated heterocycles. The molecule has 0 aromatic heterocycles. The van der Waals surface area contributed by atoms with Gasteiger partial charge in [-0.2, -0.15) is 0 Å². The number of carbonyl (C=O) groups is 1. The first kappa shape index (κ1) is 18.6. The first-order valence-corrected chi connectivity index (χ1v) is 4.90. The number of aliphatic hydroxyl groups excluding tert-OH is 3. The number of aliphatic hydroxyl groups is 3. The van der Waals surface area contributed by atoms with Gasteiger partial charge in [0.05, 0.1) is 14.4 Å². The summed E-state index contributed by atoms with van der Waals surface area (Å²) in [6.45, 7) is -1.02. The van der Waals surface area contributed by atoms with E-state index in [1.54, 1.807) is 0 Å². The van der Waals surface area contributed by atoms with Crippen LogP contribution in [0.3, 0.4) is 0 Å². The van der Waals surface area contributed by atoms with Crippen LogP contribution >= 0.6 is 7.82 Å². The van der Waals surface area contributed by atoms with E-state index in [2.05, 4.69) is 4.52 Å². The van der Waals surface area contributed by atoms with Crippen LogP contribution in [0.15, 0.2) is 0 Å². The Morgan fingerprint density at radius 3 is 2.13 bits per heavy atom. The number of rotatable bonds is 6. The van der Waals surface area contributed by atoms with Crippen molar-refractivity contribution in [3.63, 3.8) is 0 Å².